The molecule has 2 saturated heterocycles. The topological polar surface area (TPSA) is 74.2 Å². The zero-order chi connectivity index (χ0) is 19.2. The third-order valence-corrected chi connectivity index (χ3v) is 6.32. The van der Waals surface area contributed by atoms with Crippen LogP contribution in [0.2, 0.25) is 0 Å². The van der Waals surface area contributed by atoms with Gasteiger partial charge in [0.2, 0.25) is 5.91 Å². The van der Waals surface area contributed by atoms with Crippen LogP contribution in [0.15, 0.2) is 36.9 Å². The van der Waals surface area contributed by atoms with Gasteiger partial charge >= 0.3 is 0 Å². The van der Waals surface area contributed by atoms with Crippen LogP contribution in [-0.2, 0) is 11.3 Å². The summed E-state index contributed by atoms with van der Waals surface area (Å²) in [5.41, 5.74) is 1.07. The second-order valence-electron chi connectivity index (χ2n) is 7.17. The smallest absolute Gasteiger partial charge is 0.223 e. The molecular weight excluding hydrogens is 372 g/mol. The molecule has 0 bridgehead atoms. The highest BCUT2D eigenvalue weighted by molar-refractivity contribution is 7.99. The minimum atomic E-state index is 0.0681. The molecule has 0 aromatic carbocycles. The van der Waals surface area contributed by atoms with Crippen molar-refractivity contribution in [2.75, 3.05) is 47.5 Å². The summed E-state index contributed by atoms with van der Waals surface area (Å²) in [6.07, 6.45) is 6.86. The lowest BCUT2D eigenvalue weighted by Gasteiger charge is -2.33. The van der Waals surface area contributed by atoms with Crippen molar-refractivity contribution >= 4 is 29.3 Å². The number of rotatable bonds is 5. The van der Waals surface area contributed by atoms with E-state index < -0.39 is 0 Å². The Labute approximate surface area is 170 Å². The number of carbonyl (C=O) groups excluding carboxylic acids is 1. The maximum absolute atomic E-state index is 12.5. The fraction of sp³-hybridized carbons (Fsp3) is 0.500. The first-order valence-electron chi connectivity index (χ1n) is 9.86. The van der Waals surface area contributed by atoms with E-state index in [9.17, 15) is 4.79 Å². The van der Waals surface area contributed by atoms with Gasteiger partial charge in [0.05, 0.1) is 0 Å². The van der Waals surface area contributed by atoms with E-state index >= 15 is 0 Å². The lowest BCUT2D eigenvalue weighted by Crippen LogP contribution is -2.41. The first-order valence-corrected chi connectivity index (χ1v) is 11.0. The quantitative estimate of drug-likeness (QED) is 0.825. The Morgan fingerprint density at radius 2 is 1.68 bits per heavy atom. The lowest BCUT2D eigenvalue weighted by molar-refractivity contribution is -0.125. The Bertz CT molecular complexity index is 775. The number of hydrogen-bond acceptors (Lipinski definition) is 7. The SMILES string of the molecule is O=C(NCc1ccncc1)C1CCN(c2cc(N3CCSCC3)ncn2)CC1. The van der Waals surface area contributed by atoms with E-state index in [1.807, 2.05) is 23.9 Å². The standard InChI is InChI=1S/C20H26N6OS/c27-20(22-14-16-1-5-21-6-2-16)17-3-7-25(8-4-17)18-13-19(24-15-23-18)26-9-11-28-12-10-26/h1-2,5-6,13,15,17H,3-4,7-12,14H2,(H,22,27). The summed E-state index contributed by atoms with van der Waals surface area (Å²) < 4.78 is 0. The van der Waals surface area contributed by atoms with Crippen LogP contribution in [0.3, 0.4) is 0 Å². The molecule has 1 amide bonds. The van der Waals surface area contributed by atoms with Crippen LogP contribution in [0.4, 0.5) is 11.6 Å². The van der Waals surface area contributed by atoms with Crippen molar-refractivity contribution in [2.45, 2.75) is 19.4 Å². The van der Waals surface area contributed by atoms with E-state index in [-0.39, 0.29) is 11.8 Å². The monoisotopic (exact) mass is 398 g/mol. The molecule has 148 valence electrons. The van der Waals surface area contributed by atoms with Crippen molar-refractivity contribution in [1.82, 2.24) is 20.3 Å². The molecule has 0 unspecified atom stereocenters. The van der Waals surface area contributed by atoms with Gasteiger partial charge in [-0.05, 0) is 30.5 Å². The Morgan fingerprint density at radius 1 is 1.04 bits per heavy atom. The highest BCUT2D eigenvalue weighted by atomic mass is 32.2. The highest BCUT2D eigenvalue weighted by Crippen LogP contribution is 2.25. The lowest BCUT2D eigenvalue weighted by atomic mass is 9.96. The van der Waals surface area contributed by atoms with Gasteiger partial charge in [0.1, 0.15) is 18.0 Å². The summed E-state index contributed by atoms with van der Waals surface area (Å²) in [5.74, 6) is 4.50. The predicted molar refractivity (Wildman–Crippen MR) is 113 cm³/mol. The molecule has 0 aliphatic carbocycles. The average Bonchev–Trinajstić information content (AvgIpc) is 2.79. The first-order chi connectivity index (χ1) is 13.8. The average molecular weight is 399 g/mol. The van der Waals surface area contributed by atoms with Gasteiger partial charge in [-0.3, -0.25) is 9.78 Å². The van der Waals surface area contributed by atoms with E-state index in [1.165, 1.54) is 0 Å². The molecule has 2 aromatic heterocycles. The van der Waals surface area contributed by atoms with Crippen LogP contribution in [-0.4, -0.2) is 58.5 Å². The van der Waals surface area contributed by atoms with Gasteiger partial charge in [-0.1, -0.05) is 0 Å². The molecule has 1 N–H and O–H groups in total. The second kappa shape index (κ2) is 9.23. The zero-order valence-corrected chi connectivity index (χ0v) is 16.8. The summed E-state index contributed by atoms with van der Waals surface area (Å²) in [6.45, 7) is 4.34. The van der Waals surface area contributed by atoms with Crippen molar-refractivity contribution in [3.8, 4) is 0 Å². The number of thioether (sulfide) groups is 1. The molecule has 4 rings (SSSR count). The number of nitrogens with one attached hydrogen (secondary N) is 1. The molecule has 0 saturated carbocycles. The molecule has 0 radical (unpaired) electrons. The van der Waals surface area contributed by atoms with Crippen LogP contribution in [0.1, 0.15) is 18.4 Å². The van der Waals surface area contributed by atoms with Gasteiger partial charge in [0.25, 0.3) is 0 Å². The largest absolute Gasteiger partial charge is 0.356 e. The van der Waals surface area contributed by atoms with Crippen molar-refractivity contribution in [2.24, 2.45) is 5.92 Å². The fourth-order valence-corrected chi connectivity index (χ4v) is 4.58. The molecule has 8 heteroatoms. The van der Waals surface area contributed by atoms with Crippen molar-refractivity contribution in [1.29, 1.82) is 0 Å². The number of pyridine rings is 1. The van der Waals surface area contributed by atoms with Crippen LogP contribution < -0.4 is 15.1 Å². The number of nitrogens with zero attached hydrogens (tertiary/aromatic N) is 5. The predicted octanol–water partition coefficient (Wildman–Crippen LogP) is 1.96. The summed E-state index contributed by atoms with van der Waals surface area (Å²) in [4.78, 5) is 30.1. The Morgan fingerprint density at radius 3 is 2.36 bits per heavy atom. The van der Waals surface area contributed by atoms with E-state index in [0.29, 0.717) is 6.54 Å². The summed E-state index contributed by atoms with van der Waals surface area (Å²) in [5, 5.41) is 3.06. The third-order valence-electron chi connectivity index (χ3n) is 5.38. The van der Waals surface area contributed by atoms with E-state index in [4.69, 9.17) is 0 Å². The second-order valence-corrected chi connectivity index (χ2v) is 8.39. The Kier molecular flexibility index (Phi) is 6.26. The van der Waals surface area contributed by atoms with E-state index in [0.717, 1.165) is 67.7 Å². The summed E-state index contributed by atoms with van der Waals surface area (Å²) >= 11 is 1.99. The number of aromatic nitrogens is 3. The third kappa shape index (κ3) is 4.73. The van der Waals surface area contributed by atoms with Crippen LogP contribution >= 0.6 is 11.8 Å². The minimum absolute atomic E-state index is 0.0681. The molecule has 28 heavy (non-hydrogen) atoms. The van der Waals surface area contributed by atoms with Gasteiger partial charge in [-0.15, -0.1) is 0 Å². The normalized spacial score (nSPS) is 18.1. The maximum Gasteiger partial charge on any atom is 0.223 e. The summed E-state index contributed by atoms with van der Waals surface area (Å²) in [6, 6.07) is 5.95. The van der Waals surface area contributed by atoms with E-state index in [1.54, 1.807) is 18.7 Å². The fourth-order valence-electron chi connectivity index (χ4n) is 3.68. The van der Waals surface area contributed by atoms with Crippen LogP contribution in [0.25, 0.3) is 0 Å². The minimum Gasteiger partial charge on any atom is -0.356 e. The van der Waals surface area contributed by atoms with Crippen molar-refractivity contribution in [3.05, 3.63) is 42.5 Å². The highest BCUT2D eigenvalue weighted by Gasteiger charge is 2.26. The first kappa shape index (κ1) is 19.0. The summed E-state index contributed by atoms with van der Waals surface area (Å²) in [7, 11) is 0. The van der Waals surface area contributed by atoms with Gasteiger partial charge in [-0.25, -0.2) is 9.97 Å². The van der Waals surface area contributed by atoms with Gasteiger partial charge < -0.3 is 15.1 Å². The molecule has 7 nitrogen and oxygen atoms in total. The molecule has 0 spiro atoms. The van der Waals surface area contributed by atoms with Gasteiger partial charge in [0, 0.05) is 68.6 Å². The molecule has 2 aliphatic heterocycles. The number of hydrogen-bond donors (Lipinski definition) is 1. The Hall–Kier alpha value is -2.35. The molecule has 4 heterocycles. The number of amides is 1. The number of anilines is 2. The van der Waals surface area contributed by atoms with Crippen LogP contribution in [0.5, 0.6) is 0 Å². The molecular formula is C20H26N6OS. The van der Waals surface area contributed by atoms with Crippen LogP contribution in [0, 0.1) is 5.92 Å². The van der Waals surface area contributed by atoms with Crippen molar-refractivity contribution < 1.29 is 4.79 Å². The molecule has 2 fully saturated rings. The molecule has 2 aromatic rings. The zero-order valence-electron chi connectivity index (χ0n) is 16.0. The van der Waals surface area contributed by atoms with E-state index in [2.05, 4.69) is 36.1 Å². The van der Waals surface area contributed by atoms with Gasteiger partial charge in [-0.2, -0.15) is 11.8 Å². The van der Waals surface area contributed by atoms with Gasteiger partial charge in [0.15, 0.2) is 0 Å². The van der Waals surface area contributed by atoms with Crippen molar-refractivity contribution in [3.63, 3.8) is 0 Å². The Balaban J connectivity index is 1.29. The maximum atomic E-state index is 12.5. The molecule has 2 aliphatic rings. The number of piperidine rings is 1. The number of carbonyl (C=O) groups is 1. The molecule has 0 atom stereocenters.